The van der Waals surface area contributed by atoms with Crippen LogP contribution in [0, 0.1) is 17.1 Å². The first-order valence-corrected chi connectivity index (χ1v) is 17.0. The van der Waals surface area contributed by atoms with Crippen molar-refractivity contribution < 1.29 is 19.0 Å². The van der Waals surface area contributed by atoms with Crippen molar-refractivity contribution >= 4 is 66.6 Å². The number of thiophene rings is 1. The van der Waals surface area contributed by atoms with Crippen molar-refractivity contribution in [2.24, 2.45) is 0 Å². The van der Waals surface area contributed by atoms with Crippen molar-refractivity contribution in [3.8, 4) is 17.2 Å². The number of carbonyl (C=O) groups is 1. The number of hydrogen-bond acceptors (Lipinski definition) is 11. The molecule has 0 bridgehead atoms. The number of halogens is 2. The minimum atomic E-state index is -0.477. The van der Waals surface area contributed by atoms with E-state index in [1.807, 2.05) is 0 Å². The lowest BCUT2D eigenvalue weighted by Crippen LogP contribution is -2.45. The molecule has 5 N–H and O–H groups in total. The molecule has 11 nitrogen and oxygen atoms in total. The number of anilines is 3. The number of likely N-dealkylation sites (tertiary alicyclic amines) is 1. The van der Waals surface area contributed by atoms with E-state index in [0.717, 1.165) is 35.3 Å². The van der Waals surface area contributed by atoms with Crippen LogP contribution in [0.15, 0.2) is 12.1 Å². The van der Waals surface area contributed by atoms with Gasteiger partial charge in [-0.2, -0.15) is 10.2 Å². The fourth-order valence-electron chi connectivity index (χ4n) is 7.19. The van der Waals surface area contributed by atoms with Crippen LogP contribution >= 0.6 is 22.9 Å². The number of aromatic nitrogens is 2. The second-order valence-electron chi connectivity index (χ2n) is 12.7. The van der Waals surface area contributed by atoms with E-state index in [1.54, 1.807) is 24.9 Å². The van der Waals surface area contributed by atoms with Gasteiger partial charge in [-0.3, -0.25) is 4.79 Å². The van der Waals surface area contributed by atoms with Gasteiger partial charge in [-0.25, -0.2) is 9.37 Å². The van der Waals surface area contributed by atoms with Crippen LogP contribution in [0.5, 0.6) is 0 Å². The van der Waals surface area contributed by atoms with E-state index in [1.165, 1.54) is 6.07 Å². The van der Waals surface area contributed by atoms with Crippen LogP contribution in [0.4, 0.5) is 21.2 Å². The van der Waals surface area contributed by atoms with E-state index in [-0.39, 0.29) is 46.5 Å². The van der Waals surface area contributed by atoms with Gasteiger partial charge < -0.3 is 36.0 Å². The van der Waals surface area contributed by atoms with Gasteiger partial charge in [0.2, 0.25) is 11.9 Å². The molecule has 246 valence electrons. The lowest BCUT2D eigenvalue weighted by atomic mass is 9.91. The van der Waals surface area contributed by atoms with E-state index >= 15 is 4.39 Å². The van der Waals surface area contributed by atoms with E-state index in [9.17, 15) is 15.2 Å². The summed E-state index contributed by atoms with van der Waals surface area (Å²) in [6, 6.07) is 4.79. The number of piperidine rings is 1. The number of aliphatic hydroxyl groups is 1. The Morgan fingerprint density at radius 3 is 2.81 bits per heavy atom. The number of hydrogen-bond donors (Lipinski definition) is 4. The van der Waals surface area contributed by atoms with Crippen molar-refractivity contribution in [2.45, 2.75) is 70.6 Å². The standard InChI is InChI=1S/C33H36ClFN8O3S/c1-15(44)12-38-22-8-10-43(16(22)2)33-40-28-26(31(41-33)39-23-5-4-9-42(3)32(23)45)20-14-46-13-19(20)24(27(28)34)17-6-7-21(35)29-25(17)18(11-36)30(37)47-29/h6-7,15-16,22-23,38,44H,4-5,8-10,12-14,37H2,1-3H3,(H,39,40,41)/t15-,16-,22-,23+/m0/s1. The minimum Gasteiger partial charge on any atom is -0.392 e. The summed E-state index contributed by atoms with van der Waals surface area (Å²) in [7, 11) is 1.80. The molecule has 3 aliphatic rings. The number of benzene rings is 2. The third-order valence-corrected chi connectivity index (χ3v) is 11.0. The molecule has 47 heavy (non-hydrogen) atoms. The predicted molar refractivity (Wildman–Crippen MR) is 182 cm³/mol. The average molecular weight is 679 g/mol. The molecule has 0 radical (unpaired) electrons. The lowest BCUT2D eigenvalue weighted by Gasteiger charge is -2.31. The highest BCUT2D eigenvalue weighted by atomic mass is 35.5. The Kier molecular flexibility index (Phi) is 8.34. The van der Waals surface area contributed by atoms with Crippen LogP contribution in [-0.2, 0) is 22.7 Å². The van der Waals surface area contributed by atoms with Gasteiger partial charge >= 0.3 is 0 Å². The molecule has 0 spiro atoms. The average Bonchev–Trinajstić information content (AvgIpc) is 3.76. The molecule has 2 fully saturated rings. The van der Waals surface area contributed by atoms with E-state index in [2.05, 4.69) is 28.5 Å². The van der Waals surface area contributed by atoms with Crippen LogP contribution in [0.25, 0.3) is 32.1 Å². The Morgan fingerprint density at radius 1 is 1.26 bits per heavy atom. The quantitative estimate of drug-likeness (QED) is 0.215. The molecule has 5 heterocycles. The number of amides is 1. The molecule has 2 aromatic carbocycles. The lowest BCUT2D eigenvalue weighted by molar-refractivity contribution is -0.132. The second-order valence-corrected chi connectivity index (χ2v) is 14.1. The Labute approximate surface area is 280 Å². The van der Waals surface area contributed by atoms with Crippen molar-refractivity contribution in [3.63, 3.8) is 0 Å². The number of nitrogens with zero attached hydrogens (tertiary/aromatic N) is 5. The number of aliphatic hydroxyl groups excluding tert-OH is 1. The Bertz CT molecular complexity index is 1960. The molecule has 2 saturated heterocycles. The molecule has 0 unspecified atom stereocenters. The molecule has 0 saturated carbocycles. The van der Waals surface area contributed by atoms with Gasteiger partial charge in [-0.05, 0) is 55.9 Å². The highest BCUT2D eigenvalue weighted by Gasteiger charge is 2.36. The number of nitriles is 1. The highest BCUT2D eigenvalue weighted by Crippen LogP contribution is 2.49. The number of carbonyl (C=O) groups excluding carboxylic acids is 1. The van der Waals surface area contributed by atoms with Crippen molar-refractivity contribution in [2.75, 3.05) is 42.6 Å². The van der Waals surface area contributed by atoms with Gasteiger partial charge in [-0.1, -0.05) is 17.7 Å². The Balaban J connectivity index is 1.45. The molecule has 4 aromatic rings. The van der Waals surface area contributed by atoms with Crippen LogP contribution in [0.3, 0.4) is 0 Å². The molecule has 1 amide bonds. The monoisotopic (exact) mass is 678 g/mol. The number of nitrogen functional groups attached to an aromatic ring is 1. The molecule has 2 aromatic heterocycles. The van der Waals surface area contributed by atoms with Gasteiger partial charge in [0.05, 0.1) is 45.5 Å². The maximum absolute atomic E-state index is 15.1. The fourth-order valence-corrected chi connectivity index (χ4v) is 8.49. The van der Waals surface area contributed by atoms with Crippen LogP contribution in [0.2, 0.25) is 5.02 Å². The maximum Gasteiger partial charge on any atom is 0.244 e. The van der Waals surface area contributed by atoms with Crippen molar-refractivity contribution in [1.29, 1.82) is 5.26 Å². The van der Waals surface area contributed by atoms with E-state index in [0.29, 0.717) is 70.3 Å². The van der Waals surface area contributed by atoms with Crippen LogP contribution < -0.4 is 21.3 Å². The summed E-state index contributed by atoms with van der Waals surface area (Å²) >= 11 is 8.42. The first-order chi connectivity index (χ1) is 22.6. The number of rotatable bonds is 7. The van der Waals surface area contributed by atoms with Gasteiger partial charge in [0.25, 0.3) is 0 Å². The molecule has 3 aliphatic heterocycles. The third kappa shape index (κ3) is 5.32. The van der Waals surface area contributed by atoms with Crippen molar-refractivity contribution in [1.82, 2.24) is 20.2 Å². The summed E-state index contributed by atoms with van der Waals surface area (Å²) in [5.74, 6) is 0.485. The third-order valence-electron chi connectivity index (χ3n) is 9.64. The highest BCUT2D eigenvalue weighted by molar-refractivity contribution is 7.23. The summed E-state index contributed by atoms with van der Waals surface area (Å²) in [5, 5.41) is 28.4. The first kappa shape index (κ1) is 31.8. The Morgan fingerprint density at radius 2 is 2.04 bits per heavy atom. The van der Waals surface area contributed by atoms with Gasteiger partial charge in [0.15, 0.2) is 0 Å². The number of ether oxygens (including phenoxy) is 1. The molecular formula is C33H36ClFN8O3S. The molecular weight excluding hydrogens is 643 g/mol. The SMILES string of the molecule is C[C@H](O)CN[C@H]1CCN(c2nc(N[C@@H]3CCCN(C)C3=O)c3c4c(c(-c5ccc(F)c6sc(N)c(C#N)c56)c(Cl)c3n2)COC4)[C@H]1C. The molecule has 7 rings (SSSR count). The van der Waals surface area contributed by atoms with Crippen molar-refractivity contribution in [3.05, 3.63) is 39.7 Å². The number of nitrogens with two attached hydrogens (primary N) is 1. The molecule has 14 heteroatoms. The Hall–Kier alpha value is -3.80. The molecule has 0 aliphatic carbocycles. The summed E-state index contributed by atoms with van der Waals surface area (Å²) < 4.78 is 21.4. The zero-order valence-corrected chi connectivity index (χ0v) is 27.9. The number of fused-ring (bicyclic) bond motifs is 4. The smallest absolute Gasteiger partial charge is 0.244 e. The van der Waals surface area contributed by atoms with Crippen LogP contribution in [0.1, 0.15) is 49.8 Å². The number of nitrogens with one attached hydrogen (secondary N) is 2. The fraction of sp³-hybridized carbons (Fsp3) is 0.455. The normalized spacial score (nSPS) is 21.9. The summed E-state index contributed by atoms with van der Waals surface area (Å²) in [5.41, 5.74) is 9.69. The first-order valence-electron chi connectivity index (χ1n) is 15.8. The zero-order valence-electron chi connectivity index (χ0n) is 26.4. The van der Waals surface area contributed by atoms with Gasteiger partial charge in [-0.15, -0.1) is 11.3 Å². The van der Waals surface area contributed by atoms with E-state index < -0.39 is 18.0 Å². The summed E-state index contributed by atoms with van der Waals surface area (Å²) in [6.45, 7) is 6.19. The molecule has 4 atom stereocenters. The maximum atomic E-state index is 15.1. The second kappa shape index (κ2) is 12.3. The predicted octanol–water partition coefficient (Wildman–Crippen LogP) is 4.76. The summed E-state index contributed by atoms with van der Waals surface area (Å²) in [6.07, 6.45) is 1.86. The van der Waals surface area contributed by atoms with Gasteiger partial charge in [0.1, 0.15) is 28.7 Å². The largest absolute Gasteiger partial charge is 0.392 e. The number of likely N-dealkylation sites (N-methyl/N-ethyl adjacent to an activating group) is 1. The van der Waals surface area contributed by atoms with Crippen LogP contribution in [-0.4, -0.2) is 76.8 Å². The zero-order chi connectivity index (χ0) is 33.1. The van der Waals surface area contributed by atoms with E-state index in [4.69, 9.17) is 32.0 Å². The van der Waals surface area contributed by atoms with Gasteiger partial charge in [0, 0.05) is 49.7 Å². The summed E-state index contributed by atoms with van der Waals surface area (Å²) in [4.78, 5) is 27.2. The minimum absolute atomic E-state index is 0.00111. The topological polar surface area (TPSA) is 153 Å².